The number of pyridine rings is 8. The third-order valence-electron chi connectivity index (χ3n) is 18.1. The number of amides is 5. The number of aryl methyl sites for hydroxylation is 5. The van der Waals surface area contributed by atoms with Crippen LogP contribution in [-0.2, 0) is 4.79 Å². The van der Waals surface area contributed by atoms with Gasteiger partial charge in [-0.1, -0.05) is 70.7 Å². The van der Waals surface area contributed by atoms with Crippen molar-refractivity contribution in [3.8, 4) is 56.7 Å². The van der Waals surface area contributed by atoms with Gasteiger partial charge in [0.15, 0.2) is 11.6 Å². The van der Waals surface area contributed by atoms with Crippen LogP contribution in [0.1, 0.15) is 70.0 Å². The maximum absolute atomic E-state index is 12.8. The van der Waals surface area contributed by atoms with Crippen LogP contribution in [-0.4, -0.2) is 158 Å². The van der Waals surface area contributed by atoms with E-state index in [1.165, 1.54) is 11.0 Å². The van der Waals surface area contributed by atoms with Gasteiger partial charge in [-0.15, -0.1) is 0 Å². The maximum atomic E-state index is 12.8. The lowest BCUT2D eigenvalue weighted by Gasteiger charge is -2.28. The number of hydrogen-bond donors (Lipinski definition) is 5. The van der Waals surface area contributed by atoms with E-state index in [2.05, 4.69) is 96.4 Å². The van der Waals surface area contributed by atoms with Gasteiger partial charge in [0.25, 0.3) is 23.6 Å². The van der Waals surface area contributed by atoms with Crippen molar-refractivity contribution in [1.82, 2.24) is 79.6 Å². The van der Waals surface area contributed by atoms with Crippen molar-refractivity contribution in [1.29, 1.82) is 0 Å². The Labute approximate surface area is 694 Å². The van der Waals surface area contributed by atoms with Gasteiger partial charge in [0.05, 0.1) is 94.4 Å². The van der Waals surface area contributed by atoms with Crippen LogP contribution < -0.4 is 36.4 Å². The Bertz CT molecular complexity index is 5870. The van der Waals surface area contributed by atoms with E-state index in [4.69, 9.17) is 46.4 Å². The molecule has 0 spiro atoms. The molecule has 14 aromatic rings. The van der Waals surface area contributed by atoms with Crippen molar-refractivity contribution >= 4 is 110 Å². The average Bonchev–Trinajstić information content (AvgIpc) is 1.51. The van der Waals surface area contributed by atoms with Crippen LogP contribution in [0.2, 0.25) is 20.1 Å². The van der Waals surface area contributed by atoms with Gasteiger partial charge in [-0.3, -0.25) is 43.9 Å². The largest absolute Gasteiger partial charge is 0.358 e. The molecule has 11 heterocycles. The van der Waals surface area contributed by atoms with Crippen molar-refractivity contribution in [2.45, 2.75) is 34.6 Å². The zero-order valence-corrected chi connectivity index (χ0v) is 67.7. The number of carbonyl (C=O) groups excluding carboxylic acids is 5. The molecule has 0 bridgehead atoms. The Hall–Kier alpha value is -13.6. The number of aromatic nitrogens is 14. The number of rotatable bonds is 19. The second-order valence-corrected chi connectivity index (χ2v) is 28.4. The van der Waals surface area contributed by atoms with E-state index in [0.29, 0.717) is 124 Å². The highest BCUT2D eigenvalue weighted by Gasteiger charge is 2.23. The summed E-state index contributed by atoms with van der Waals surface area (Å²) >= 11 is 25.3. The molecular formula is C86H78Cl4N22O5. The number of carbonyl (C=O) groups is 5. The molecule has 5 amide bonds. The quantitative estimate of drug-likeness (QED) is 0.0502. The molecule has 5 N–H and O–H groups in total. The van der Waals surface area contributed by atoms with Crippen LogP contribution in [0.5, 0.6) is 0 Å². The number of nitrogens with one attached hydrogen (secondary N) is 5. The van der Waals surface area contributed by atoms with Gasteiger partial charge < -0.3 is 41.3 Å². The maximum Gasteiger partial charge on any atom is 0.257 e. The van der Waals surface area contributed by atoms with Crippen molar-refractivity contribution in [2.24, 2.45) is 0 Å². The van der Waals surface area contributed by atoms with Crippen LogP contribution in [0, 0.1) is 34.6 Å². The monoisotopic (exact) mass is 1640 g/mol. The van der Waals surface area contributed by atoms with E-state index in [-0.39, 0.29) is 36.1 Å². The van der Waals surface area contributed by atoms with E-state index in [0.717, 1.165) is 63.9 Å². The first kappa shape index (κ1) is 82.9. The molecule has 1 aliphatic heterocycles. The van der Waals surface area contributed by atoms with Crippen molar-refractivity contribution in [3.05, 3.63) is 309 Å². The first-order chi connectivity index (χ1) is 56.5. The molecule has 27 nitrogen and oxygen atoms in total. The minimum atomic E-state index is -0.266. The lowest BCUT2D eigenvalue weighted by Crippen LogP contribution is -2.48. The van der Waals surface area contributed by atoms with Gasteiger partial charge >= 0.3 is 0 Å². The minimum Gasteiger partial charge on any atom is -0.358 e. The Morgan fingerprint density at radius 1 is 0.427 bits per heavy atom. The summed E-state index contributed by atoms with van der Waals surface area (Å²) in [5.41, 5.74) is 12.8. The highest BCUT2D eigenvalue weighted by molar-refractivity contribution is 6.35. The van der Waals surface area contributed by atoms with Crippen molar-refractivity contribution in [2.75, 3.05) is 84.9 Å². The van der Waals surface area contributed by atoms with Crippen LogP contribution >= 0.6 is 46.4 Å². The summed E-state index contributed by atoms with van der Waals surface area (Å²) in [5, 5.41) is 24.9. The molecule has 0 atom stereocenters. The zero-order chi connectivity index (χ0) is 82.7. The first-order valence-electron chi connectivity index (χ1n) is 36.6. The van der Waals surface area contributed by atoms with E-state index in [1.54, 1.807) is 173 Å². The summed E-state index contributed by atoms with van der Waals surface area (Å²) in [6.45, 7) is 12.3. The fourth-order valence-electron chi connectivity index (χ4n) is 12.0. The molecule has 0 radical (unpaired) electrons. The van der Waals surface area contributed by atoms with Crippen LogP contribution in [0.4, 0.5) is 34.4 Å². The molecule has 0 aliphatic carbocycles. The highest BCUT2D eigenvalue weighted by Crippen LogP contribution is 2.34. The minimum absolute atomic E-state index is 0.0334. The standard InChI is InChI=1S/C23H26ClN5O.C22H20ClN5O2.C21H17ClN6O.C20H15ClN6O/c1-16-18(9-11-22(26-16)29(4)14-13-28(2)3)23(30)27-17-8-10-20(24)19(15-17)21-7-5-6-12-25-21;1-14-16(6-8-20(26-14)28-11-10-25-21(29)13-28)22(30)27-15-5-7-18(23)17(12-15)19-4-2-3-9-24-19;1-13-16(7-9-20(25-13)28-12-24-14(2)27-28)21(29)26-15-6-8-18(22)17(11-15)19-5-3-4-10-23-19;1-13-15(6-8-19(25-13)27-12-22-11-24-27)20(28)26-14-5-7-17(21)16(10-14)18-4-2-3-9-23-18/h5-12,15H,13-14H2,1-4H3,(H,27,30);2-9,12H,10-11,13H2,1H3,(H,25,29)(H,27,30);3-12H,1-2H3,(H,26,29);2-12H,1H3,(H,26,28). The lowest BCUT2D eigenvalue weighted by molar-refractivity contribution is -0.120. The predicted molar refractivity (Wildman–Crippen MR) is 458 cm³/mol. The lowest BCUT2D eigenvalue weighted by atomic mass is 10.1. The summed E-state index contributed by atoms with van der Waals surface area (Å²) in [6, 6.07) is 57.7. The van der Waals surface area contributed by atoms with Gasteiger partial charge in [0.2, 0.25) is 5.91 Å². The molecule has 31 heteroatoms. The van der Waals surface area contributed by atoms with E-state index >= 15 is 0 Å². The van der Waals surface area contributed by atoms with E-state index in [9.17, 15) is 24.0 Å². The van der Waals surface area contributed by atoms with Crippen LogP contribution in [0.15, 0.2) is 238 Å². The molecular weight excluding hydrogens is 1560 g/mol. The molecule has 4 aromatic carbocycles. The van der Waals surface area contributed by atoms with E-state index in [1.807, 2.05) is 124 Å². The Morgan fingerprint density at radius 3 is 1.14 bits per heavy atom. The highest BCUT2D eigenvalue weighted by atomic mass is 35.5. The topological polar surface area (TPSA) is 320 Å². The van der Waals surface area contributed by atoms with Gasteiger partial charge in [0.1, 0.15) is 36.4 Å². The number of nitrogens with zero attached hydrogens (tertiary/aromatic N) is 17. The molecule has 0 saturated carbocycles. The molecule has 1 saturated heterocycles. The number of halogens is 4. The summed E-state index contributed by atoms with van der Waals surface area (Å²) in [5.74, 6) is 2.34. The molecule has 10 aromatic heterocycles. The molecule has 590 valence electrons. The van der Waals surface area contributed by atoms with Crippen LogP contribution in [0.25, 0.3) is 56.7 Å². The first-order valence-corrected chi connectivity index (χ1v) is 38.1. The number of likely N-dealkylation sites (N-methyl/N-ethyl adjacent to an activating group) is 2. The Morgan fingerprint density at radius 2 is 0.803 bits per heavy atom. The number of anilines is 6. The number of hydrogen-bond acceptors (Lipinski definition) is 20. The zero-order valence-electron chi connectivity index (χ0n) is 64.7. The fourth-order valence-corrected chi connectivity index (χ4v) is 12.8. The molecule has 1 fully saturated rings. The van der Waals surface area contributed by atoms with Gasteiger partial charge in [-0.25, -0.2) is 39.3 Å². The second-order valence-electron chi connectivity index (χ2n) is 26.7. The van der Waals surface area contributed by atoms with Gasteiger partial charge in [-0.2, -0.15) is 10.2 Å². The molecule has 1 aliphatic rings. The smallest absolute Gasteiger partial charge is 0.257 e. The third kappa shape index (κ3) is 21.9. The van der Waals surface area contributed by atoms with E-state index < -0.39 is 0 Å². The fraction of sp³-hybridized carbons (Fsp3) is 0.151. The summed E-state index contributed by atoms with van der Waals surface area (Å²) in [6.07, 6.45) is 11.4. The second kappa shape index (κ2) is 39.0. The summed E-state index contributed by atoms with van der Waals surface area (Å²) in [4.78, 5) is 112. The average molecular weight is 1640 g/mol. The summed E-state index contributed by atoms with van der Waals surface area (Å²) in [7, 11) is 6.07. The van der Waals surface area contributed by atoms with Crippen LogP contribution in [0.3, 0.4) is 0 Å². The van der Waals surface area contributed by atoms with Crippen molar-refractivity contribution in [3.63, 3.8) is 0 Å². The molecule has 117 heavy (non-hydrogen) atoms. The normalized spacial score (nSPS) is 11.5. The Kier molecular flexibility index (Phi) is 27.6. The number of piperazine rings is 1. The SMILES string of the molecule is Cc1nc(-n2cncn2)ccc1C(=O)Nc1ccc(Cl)c(-c2ccccn2)c1.Cc1nc(N(C)CCN(C)C)ccc1C(=O)Nc1ccc(Cl)c(-c2ccccn2)c1.Cc1nc(N2CCNC(=O)C2)ccc1C(=O)Nc1ccc(Cl)c(-c2ccccn2)c1.Cc1ncn(-c2ccc(C(=O)Nc3ccc(Cl)c(-c4ccccn4)c3)c(C)n2)n1. The molecule has 15 rings (SSSR count). The van der Waals surface area contributed by atoms with Gasteiger partial charge in [-0.05, 0) is 219 Å². The molecule has 0 unspecified atom stereocenters. The Balaban J connectivity index is 0.000000144. The van der Waals surface area contributed by atoms with Gasteiger partial charge in [0, 0.05) is 103 Å². The third-order valence-corrected chi connectivity index (χ3v) is 19.4. The van der Waals surface area contributed by atoms with Crippen molar-refractivity contribution < 1.29 is 24.0 Å². The number of benzene rings is 4. The summed E-state index contributed by atoms with van der Waals surface area (Å²) < 4.78 is 3.11. The predicted octanol–water partition coefficient (Wildman–Crippen LogP) is 15.8.